The second kappa shape index (κ2) is 7.36. The van der Waals surface area contributed by atoms with Crippen molar-refractivity contribution in [3.63, 3.8) is 0 Å². The van der Waals surface area contributed by atoms with Crippen molar-refractivity contribution in [3.8, 4) is 11.5 Å². The van der Waals surface area contributed by atoms with Crippen LogP contribution in [0.2, 0.25) is 0 Å². The fraction of sp³-hybridized carbons (Fsp3) is 0.211. The molecule has 0 spiro atoms. The third-order valence-corrected chi connectivity index (χ3v) is 4.14. The molecule has 0 aliphatic rings. The minimum atomic E-state index is -0.502. The molecule has 0 unspecified atom stereocenters. The molecular formula is C19H18N4O4. The van der Waals surface area contributed by atoms with Gasteiger partial charge in [-0.05, 0) is 32.0 Å². The maximum atomic E-state index is 12.6. The first-order valence-electron chi connectivity index (χ1n) is 8.25. The summed E-state index contributed by atoms with van der Waals surface area (Å²) in [6.45, 7) is 3.71. The summed E-state index contributed by atoms with van der Waals surface area (Å²) < 4.78 is 5.62. The van der Waals surface area contributed by atoms with Gasteiger partial charge >= 0.3 is 0 Å². The molecule has 0 saturated carbocycles. The number of carbonyl (C=O) groups is 1. The number of hydrogen-bond donors (Lipinski definition) is 0. The van der Waals surface area contributed by atoms with Gasteiger partial charge in [-0.3, -0.25) is 14.9 Å². The normalized spacial score (nSPS) is 10.6. The first-order valence-corrected chi connectivity index (χ1v) is 8.25. The van der Waals surface area contributed by atoms with Crippen molar-refractivity contribution in [2.75, 3.05) is 7.05 Å². The molecule has 1 amide bonds. The molecule has 1 aromatic heterocycles. The monoisotopic (exact) mass is 366 g/mol. The van der Waals surface area contributed by atoms with Gasteiger partial charge in [-0.2, -0.15) is 0 Å². The molecule has 138 valence electrons. The van der Waals surface area contributed by atoms with E-state index in [0.717, 1.165) is 11.1 Å². The fourth-order valence-corrected chi connectivity index (χ4v) is 2.56. The van der Waals surface area contributed by atoms with Gasteiger partial charge in [-0.25, -0.2) is 0 Å². The number of aryl methyl sites for hydroxylation is 2. The Labute approximate surface area is 155 Å². The predicted molar refractivity (Wildman–Crippen MR) is 98.1 cm³/mol. The van der Waals surface area contributed by atoms with Crippen molar-refractivity contribution in [2.24, 2.45) is 0 Å². The van der Waals surface area contributed by atoms with Gasteiger partial charge < -0.3 is 9.32 Å². The second-order valence-electron chi connectivity index (χ2n) is 6.29. The number of amides is 1. The van der Waals surface area contributed by atoms with E-state index in [2.05, 4.69) is 10.2 Å². The van der Waals surface area contributed by atoms with Crippen LogP contribution >= 0.6 is 0 Å². The highest BCUT2D eigenvalue weighted by Crippen LogP contribution is 2.21. The van der Waals surface area contributed by atoms with Gasteiger partial charge in [0.2, 0.25) is 11.8 Å². The molecule has 8 heteroatoms. The van der Waals surface area contributed by atoms with Crippen LogP contribution in [0.25, 0.3) is 11.5 Å². The standard InChI is InChI=1S/C19H18N4O4/c1-12-4-7-14(8-5-12)18-21-20-17(27-18)11-22(3)19(24)15-9-6-13(2)16(10-15)23(25)26/h4-10H,11H2,1-3H3. The molecule has 3 aromatic rings. The van der Waals surface area contributed by atoms with Crippen LogP contribution in [-0.2, 0) is 6.54 Å². The quantitative estimate of drug-likeness (QED) is 0.505. The van der Waals surface area contributed by atoms with Crippen molar-refractivity contribution in [3.05, 3.63) is 75.2 Å². The summed E-state index contributed by atoms with van der Waals surface area (Å²) >= 11 is 0. The second-order valence-corrected chi connectivity index (χ2v) is 6.29. The molecule has 8 nitrogen and oxygen atoms in total. The largest absolute Gasteiger partial charge is 0.419 e. The zero-order valence-electron chi connectivity index (χ0n) is 15.2. The Kier molecular flexibility index (Phi) is 4.98. The van der Waals surface area contributed by atoms with E-state index in [1.165, 1.54) is 11.0 Å². The number of nitro groups is 1. The highest BCUT2D eigenvalue weighted by molar-refractivity contribution is 5.94. The third-order valence-electron chi connectivity index (χ3n) is 4.14. The third kappa shape index (κ3) is 4.00. The van der Waals surface area contributed by atoms with E-state index in [1.54, 1.807) is 26.1 Å². The number of nitro benzene ring substituents is 1. The van der Waals surface area contributed by atoms with Crippen molar-refractivity contribution in [1.29, 1.82) is 0 Å². The van der Waals surface area contributed by atoms with Gasteiger partial charge in [0.05, 0.1) is 11.5 Å². The van der Waals surface area contributed by atoms with Crippen LogP contribution in [0.5, 0.6) is 0 Å². The maximum absolute atomic E-state index is 12.6. The Balaban J connectivity index is 1.75. The number of hydrogen-bond acceptors (Lipinski definition) is 6. The van der Waals surface area contributed by atoms with E-state index >= 15 is 0 Å². The molecule has 0 atom stereocenters. The summed E-state index contributed by atoms with van der Waals surface area (Å²) in [5.41, 5.74) is 2.55. The van der Waals surface area contributed by atoms with E-state index < -0.39 is 4.92 Å². The molecule has 0 fully saturated rings. The lowest BCUT2D eigenvalue weighted by Crippen LogP contribution is -2.26. The summed E-state index contributed by atoms with van der Waals surface area (Å²) in [6, 6.07) is 12.0. The molecule has 2 aromatic carbocycles. The van der Waals surface area contributed by atoms with Gasteiger partial charge in [0.25, 0.3) is 11.6 Å². The van der Waals surface area contributed by atoms with Crippen LogP contribution in [0.15, 0.2) is 46.9 Å². The Morgan fingerprint density at radius 1 is 1.15 bits per heavy atom. The van der Waals surface area contributed by atoms with E-state index in [9.17, 15) is 14.9 Å². The number of nitrogens with zero attached hydrogens (tertiary/aromatic N) is 4. The van der Waals surface area contributed by atoms with E-state index in [0.29, 0.717) is 11.5 Å². The van der Waals surface area contributed by atoms with E-state index in [1.807, 2.05) is 31.2 Å². The highest BCUT2D eigenvalue weighted by Gasteiger charge is 2.19. The van der Waals surface area contributed by atoms with Gasteiger partial charge in [-0.1, -0.05) is 23.8 Å². The van der Waals surface area contributed by atoms with Gasteiger partial charge in [0.1, 0.15) is 0 Å². The van der Waals surface area contributed by atoms with Crippen LogP contribution in [0.4, 0.5) is 5.69 Å². The van der Waals surface area contributed by atoms with E-state index in [4.69, 9.17) is 4.42 Å². The van der Waals surface area contributed by atoms with Crippen molar-refractivity contribution >= 4 is 11.6 Å². The lowest BCUT2D eigenvalue weighted by atomic mass is 10.1. The summed E-state index contributed by atoms with van der Waals surface area (Å²) in [4.78, 5) is 24.5. The molecule has 1 heterocycles. The zero-order chi connectivity index (χ0) is 19.6. The Morgan fingerprint density at radius 2 is 1.85 bits per heavy atom. The first-order chi connectivity index (χ1) is 12.8. The van der Waals surface area contributed by atoms with Gasteiger partial charge in [-0.15, -0.1) is 10.2 Å². The molecule has 0 bridgehead atoms. The SMILES string of the molecule is Cc1ccc(-c2nnc(CN(C)C(=O)c3ccc(C)c([N+](=O)[O-])c3)o2)cc1. The Bertz CT molecular complexity index is 995. The van der Waals surface area contributed by atoms with Crippen LogP contribution in [0.3, 0.4) is 0 Å². The van der Waals surface area contributed by atoms with Crippen molar-refractivity contribution in [2.45, 2.75) is 20.4 Å². The average molecular weight is 366 g/mol. The molecule has 27 heavy (non-hydrogen) atoms. The molecule has 0 saturated heterocycles. The highest BCUT2D eigenvalue weighted by atomic mass is 16.6. The molecule has 0 radical (unpaired) electrons. The topological polar surface area (TPSA) is 102 Å². The van der Waals surface area contributed by atoms with Crippen LogP contribution in [0, 0.1) is 24.0 Å². The Hall–Kier alpha value is -3.55. The fourth-order valence-electron chi connectivity index (χ4n) is 2.56. The Morgan fingerprint density at radius 3 is 2.52 bits per heavy atom. The van der Waals surface area contributed by atoms with Crippen molar-refractivity contribution in [1.82, 2.24) is 15.1 Å². The van der Waals surface area contributed by atoms with Crippen molar-refractivity contribution < 1.29 is 14.1 Å². The number of carbonyl (C=O) groups excluding carboxylic acids is 1. The molecular weight excluding hydrogens is 348 g/mol. The zero-order valence-corrected chi connectivity index (χ0v) is 15.2. The molecule has 3 rings (SSSR count). The number of benzene rings is 2. The summed E-state index contributed by atoms with van der Waals surface area (Å²) in [5.74, 6) is 0.285. The average Bonchev–Trinajstić information content (AvgIpc) is 3.10. The number of aromatic nitrogens is 2. The predicted octanol–water partition coefficient (Wildman–Crippen LogP) is 3.53. The van der Waals surface area contributed by atoms with Gasteiger partial charge in [0.15, 0.2) is 0 Å². The smallest absolute Gasteiger partial charge is 0.273 e. The lowest BCUT2D eigenvalue weighted by molar-refractivity contribution is -0.385. The summed E-state index contributed by atoms with van der Waals surface area (Å²) in [6.07, 6.45) is 0. The summed E-state index contributed by atoms with van der Waals surface area (Å²) in [5, 5.41) is 19.0. The van der Waals surface area contributed by atoms with Gasteiger partial charge in [0, 0.05) is 29.8 Å². The van der Waals surface area contributed by atoms with E-state index in [-0.39, 0.29) is 29.6 Å². The maximum Gasteiger partial charge on any atom is 0.273 e. The lowest BCUT2D eigenvalue weighted by Gasteiger charge is -2.15. The molecule has 0 N–H and O–H groups in total. The molecule has 0 aliphatic carbocycles. The summed E-state index contributed by atoms with van der Waals surface area (Å²) in [7, 11) is 1.57. The van der Waals surface area contributed by atoms with Crippen LogP contribution in [0.1, 0.15) is 27.4 Å². The number of rotatable bonds is 5. The minimum absolute atomic E-state index is 0.0892. The minimum Gasteiger partial charge on any atom is -0.419 e. The first kappa shape index (κ1) is 18.2. The molecule has 0 aliphatic heterocycles. The van der Waals surface area contributed by atoms with Crippen LogP contribution in [-0.4, -0.2) is 33.0 Å². The van der Waals surface area contributed by atoms with Crippen LogP contribution < -0.4 is 0 Å².